The van der Waals surface area contributed by atoms with Crippen LogP contribution in [0.2, 0.25) is 0 Å². The van der Waals surface area contributed by atoms with E-state index in [1.807, 2.05) is 0 Å². The van der Waals surface area contributed by atoms with Crippen LogP contribution in [0.1, 0.15) is 0 Å². The third kappa shape index (κ3) is 8.36. The monoisotopic (exact) mass is 219 g/mol. The molecule has 0 saturated heterocycles. The molecule has 74 valence electrons. The predicted octanol–water partition coefficient (Wildman–Crippen LogP) is 0.242. The Morgan fingerprint density at radius 2 is 1.92 bits per heavy atom. The number of hydrogen-bond acceptors (Lipinski definition) is 6. The van der Waals surface area contributed by atoms with E-state index in [2.05, 4.69) is 13.7 Å². The average Bonchev–Trinajstić information content (AvgIpc) is 1.84. The van der Waals surface area contributed by atoms with Crippen LogP contribution in [0.4, 0.5) is 0 Å². The summed E-state index contributed by atoms with van der Waals surface area (Å²) in [6.07, 6.45) is 0. The van der Waals surface area contributed by atoms with Crippen molar-refractivity contribution >= 4 is 16.5 Å². The topological polar surface area (TPSA) is 85.3 Å². The summed E-state index contributed by atoms with van der Waals surface area (Å²) in [5, 5.41) is 1.20. The van der Waals surface area contributed by atoms with Crippen LogP contribution in [0.3, 0.4) is 0 Å². The Morgan fingerprint density at radius 1 is 1.33 bits per heavy atom. The van der Waals surface area contributed by atoms with E-state index in [1.54, 1.807) is 0 Å². The molecule has 0 bridgehead atoms. The first-order valence-electron chi connectivity index (χ1n) is 2.90. The van der Waals surface area contributed by atoms with Crippen LogP contribution in [0, 0.1) is 0 Å². The van der Waals surface area contributed by atoms with Gasteiger partial charge in [-0.3, -0.25) is 18.2 Å². The maximum Gasteiger partial charge on any atom is 0.337 e. The molecule has 0 fully saturated rings. The molecular formula is C3H11NO6P2. The molecule has 2 atom stereocenters. The first kappa shape index (κ1) is 12.3. The molecule has 1 N–H and O–H groups in total. The second-order valence-corrected chi connectivity index (χ2v) is 3.62. The maximum atomic E-state index is 10.7. The van der Waals surface area contributed by atoms with Gasteiger partial charge in [0.05, 0.1) is 0 Å². The zero-order chi connectivity index (χ0) is 9.56. The summed E-state index contributed by atoms with van der Waals surface area (Å²) in [6.45, 7) is -0.514. The Bertz CT molecular complexity index is 172. The van der Waals surface area contributed by atoms with Crippen molar-refractivity contribution in [3.63, 3.8) is 0 Å². The van der Waals surface area contributed by atoms with Crippen molar-refractivity contribution in [2.24, 2.45) is 0 Å². The van der Waals surface area contributed by atoms with E-state index in [9.17, 15) is 9.13 Å². The number of hydrogen-bond donors (Lipinski definition) is 1. The summed E-state index contributed by atoms with van der Waals surface area (Å²) in [5.74, 6) is 0. The molecule has 12 heavy (non-hydrogen) atoms. The number of hydroxylamine groups is 2. The summed E-state index contributed by atoms with van der Waals surface area (Å²) in [4.78, 5) is 8.15. The van der Waals surface area contributed by atoms with Gasteiger partial charge < -0.3 is 4.89 Å². The molecule has 0 amide bonds. The van der Waals surface area contributed by atoms with E-state index in [0.29, 0.717) is 0 Å². The van der Waals surface area contributed by atoms with E-state index in [0.717, 1.165) is 0 Å². The Kier molecular flexibility index (Phi) is 6.89. The maximum absolute atomic E-state index is 10.7. The second kappa shape index (κ2) is 6.74. The molecule has 0 saturated carbocycles. The molecule has 0 aromatic heterocycles. The predicted molar refractivity (Wildman–Crippen MR) is 42.0 cm³/mol. The summed E-state index contributed by atoms with van der Waals surface area (Å²) in [6, 6.07) is 0. The minimum absolute atomic E-state index is 0.514. The van der Waals surface area contributed by atoms with Crippen LogP contribution in [0.15, 0.2) is 0 Å². The first-order valence-corrected chi connectivity index (χ1v) is 5.39. The molecule has 0 radical (unpaired) electrons. The van der Waals surface area contributed by atoms with E-state index >= 15 is 0 Å². The Balaban J connectivity index is 3.38. The van der Waals surface area contributed by atoms with Crippen molar-refractivity contribution in [1.82, 2.24) is 5.06 Å². The van der Waals surface area contributed by atoms with Crippen molar-refractivity contribution < 1.29 is 27.7 Å². The van der Waals surface area contributed by atoms with Gasteiger partial charge in [-0.2, -0.15) is 5.06 Å². The van der Waals surface area contributed by atoms with Crippen LogP contribution >= 0.6 is 16.5 Å². The molecule has 0 spiro atoms. The van der Waals surface area contributed by atoms with Crippen molar-refractivity contribution in [2.45, 2.75) is 0 Å². The van der Waals surface area contributed by atoms with Crippen LogP contribution in [-0.4, -0.2) is 30.8 Å². The van der Waals surface area contributed by atoms with Gasteiger partial charge in [-0.15, -0.1) is 0 Å². The zero-order valence-corrected chi connectivity index (χ0v) is 8.64. The summed E-state index contributed by atoms with van der Waals surface area (Å²) < 4.78 is 33.7. The molecule has 9 heteroatoms. The molecule has 0 aliphatic heterocycles. The van der Waals surface area contributed by atoms with E-state index in [4.69, 9.17) is 4.89 Å². The zero-order valence-electron chi connectivity index (χ0n) is 6.64. The van der Waals surface area contributed by atoms with Gasteiger partial charge in [-0.1, -0.05) is 0 Å². The molecular weight excluding hydrogens is 208 g/mol. The van der Waals surface area contributed by atoms with Gasteiger partial charge in [0.25, 0.3) is 0 Å². The van der Waals surface area contributed by atoms with Gasteiger partial charge >= 0.3 is 16.5 Å². The highest BCUT2D eigenvalue weighted by atomic mass is 31.1. The third-order valence-electron chi connectivity index (χ3n) is 0.616. The molecule has 0 aliphatic carbocycles. The lowest BCUT2D eigenvalue weighted by Gasteiger charge is -2.09. The van der Waals surface area contributed by atoms with E-state index in [1.165, 1.54) is 19.2 Å². The van der Waals surface area contributed by atoms with Gasteiger partial charge in [0.1, 0.15) is 0 Å². The second-order valence-electron chi connectivity index (χ2n) is 1.83. The van der Waals surface area contributed by atoms with Crippen molar-refractivity contribution in [1.29, 1.82) is 0 Å². The van der Waals surface area contributed by atoms with Crippen LogP contribution < -0.4 is 0 Å². The number of nitrogens with zero attached hydrogens (tertiary/aromatic N) is 1. The highest BCUT2D eigenvalue weighted by molar-refractivity contribution is 7.33. The quantitative estimate of drug-likeness (QED) is 0.389. The van der Waals surface area contributed by atoms with Gasteiger partial charge in [0.15, 0.2) is 6.79 Å². The van der Waals surface area contributed by atoms with Crippen LogP contribution in [0.25, 0.3) is 0 Å². The Morgan fingerprint density at radius 3 is 2.33 bits per heavy atom. The highest BCUT2D eigenvalue weighted by Gasteiger charge is 2.01. The number of rotatable bonds is 6. The minimum atomic E-state index is -3.03. The highest BCUT2D eigenvalue weighted by Crippen LogP contribution is 2.26. The fourth-order valence-electron chi connectivity index (χ4n) is 0.303. The summed E-state index contributed by atoms with van der Waals surface area (Å²) >= 11 is 0. The molecule has 0 aromatic rings. The van der Waals surface area contributed by atoms with Crippen molar-refractivity contribution in [3.05, 3.63) is 0 Å². The van der Waals surface area contributed by atoms with Crippen molar-refractivity contribution in [3.8, 4) is 0 Å². The Hall–Kier alpha value is 0.260. The standard InChI is InChI=1S/C3H11NO6P2/c1-4(2)10-12(7)9-3-8-11(5)6/h11-12H,3H2,1-2H3,(H,5,6). The Labute approximate surface area is 71.1 Å². The van der Waals surface area contributed by atoms with Gasteiger partial charge in [0.2, 0.25) is 0 Å². The average molecular weight is 219 g/mol. The molecule has 7 nitrogen and oxygen atoms in total. The summed E-state index contributed by atoms with van der Waals surface area (Å²) in [7, 11) is -2.63. The van der Waals surface area contributed by atoms with Gasteiger partial charge in [-0.05, 0) is 0 Å². The lowest BCUT2D eigenvalue weighted by atomic mass is 11.2. The summed E-state index contributed by atoms with van der Waals surface area (Å²) in [5.41, 5.74) is 0. The SMILES string of the molecule is CN(C)O[PH](=O)OCO[PH](=O)O. The molecule has 0 aromatic carbocycles. The smallest absolute Gasteiger partial charge is 0.326 e. The van der Waals surface area contributed by atoms with Crippen molar-refractivity contribution in [2.75, 3.05) is 20.9 Å². The largest absolute Gasteiger partial charge is 0.337 e. The van der Waals surface area contributed by atoms with Crippen LogP contribution in [0.5, 0.6) is 0 Å². The lowest BCUT2D eigenvalue weighted by Crippen LogP contribution is -2.07. The first-order chi connectivity index (χ1) is 5.52. The molecule has 0 rings (SSSR count). The van der Waals surface area contributed by atoms with Crippen LogP contribution in [-0.2, 0) is 22.8 Å². The molecule has 2 unspecified atom stereocenters. The fourth-order valence-corrected chi connectivity index (χ4v) is 1.09. The third-order valence-corrected chi connectivity index (χ3v) is 1.85. The van der Waals surface area contributed by atoms with E-state index in [-0.39, 0.29) is 0 Å². The molecule has 0 heterocycles. The minimum Gasteiger partial charge on any atom is -0.326 e. The molecule has 0 aliphatic rings. The van der Waals surface area contributed by atoms with Gasteiger partial charge in [0, 0.05) is 14.1 Å². The van der Waals surface area contributed by atoms with Gasteiger partial charge in [-0.25, -0.2) is 4.62 Å². The fraction of sp³-hybridized carbons (Fsp3) is 1.00. The lowest BCUT2D eigenvalue weighted by molar-refractivity contribution is -0.0222. The normalized spacial score (nSPS) is 16.3. The van der Waals surface area contributed by atoms with E-state index < -0.39 is 23.3 Å².